The molecule has 0 aliphatic carbocycles. The summed E-state index contributed by atoms with van der Waals surface area (Å²) < 4.78 is 29.4. The molecule has 1 saturated heterocycles. The van der Waals surface area contributed by atoms with Crippen LogP contribution in [0.3, 0.4) is 0 Å². The fourth-order valence-corrected chi connectivity index (χ4v) is 4.75. The Morgan fingerprint density at radius 3 is 2.24 bits per heavy atom. The molecule has 4 rings (SSSR count). The minimum absolute atomic E-state index is 0.0865. The zero-order valence-corrected chi connectivity index (χ0v) is 16.6. The van der Waals surface area contributed by atoms with Gasteiger partial charge in [0.2, 0.25) is 10.0 Å². The number of likely N-dealkylation sites (tertiary alicyclic amines) is 1. The van der Waals surface area contributed by atoms with Crippen LogP contribution in [0.1, 0.15) is 23.2 Å². The van der Waals surface area contributed by atoms with Gasteiger partial charge in [0.15, 0.2) is 0 Å². The van der Waals surface area contributed by atoms with E-state index in [0.29, 0.717) is 31.5 Å². The van der Waals surface area contributed by atoms with E-state index < -0.39 is 10.0 Å². The Morgan fingerprint density at radius 1 is 0.966 bits per heavy atom. The van der Waals surface area contributed by atoms with Crippen LogP contribution in [0, 0.1) is 0 Å². The minimum atomic E-state index is -3.54. The summed E-state index contributed by atoms with van der Waals surface area (Å²) in [7, 11) is -3.54. The van der Waals surface area contributed by atoms with Gasteiger partial charge in [0, 0.05) is 25.3 Å². The highest BCUT2D eigenvalue weighted by Crippen LogP contribution is 2.17. The number of aromatic nitrogens is 2. The maximum atomic E-state index is 12.8. The van der Waals surface area contributed by atoms with E-state index in [-0.39, 0.29) is 16.8 Å². The number of hydrogen-bond donors (Lipinski definition) is 1. The van der Waals surface area contributed by atoms with Crippen molar-refractivity contribution in [2.75, 3.05) is 13.1 Å². The van der Waals surface area contributed by atoms with E-state index in [9.17, 15) is 13.2 Å². The topological polar surface area (TPSA) is 84.3 Å². The van der Waals surface area contributed by atoms with Gasteiger partial charge in [-0.25, -0.2) is 17.8 Å². The molecule has 1 aromatic heterocycles. The van der Waals surface area contributed by atoms with Gasteiger partial charge in [0.1, 0.15) is 0 Å². The number of sulfonamides is 1. The summed E-state index contributed by atoms with van der Waals surface area (Å²) in [5, 5.41) is 4.28. The summed E-state index contributed by atoms with van der Waals surface area (Å²) in [6.45, 7) is 0.995. The fraction of sp³-hybridized carbons (Fsp3) is 0.238. The van der Waals surface area contributed by atoms with Crippen LogP contribution in [0.15, 0.2) is 78.0 Å². The Morgan fingerprint density at radius 2 is 1.59 bits per heavy atom. The van der Waals surface area contributed by atoms with Crippen molar-refractivity contribution in [3.8, 4) is 5.69 Å². The summed E-state index contributed by atoms with van der Waals surface area (Å²) in [6.07, 6.45) is 4.44. The second-order valence-corrected chi connectivity index (χ2v) is 8.72. The highest BCUT2D eigenvalue weighted by molar-refractivity contribution is 7.89. The summed E-state index contributed by atoms with van der Waals surface area (Å²) in [5.41, 5.74) is 1.41. The number of nitrogens with one attached hydrogen (secondary N) is 1. The molecule has 0 radical (unpaired) electrons. The average molecular weight is 410 g/mol. The summed E-state index contributed by atoms with van der Waals surface area (Å²) in [5.74, 6) is -0.0865. The van der Waals surface area contributed by atoms with Crippen molar-refractivity contribution in [2.45, 2.75) is 23.8 Å². The van der Waals surface area contributed by atoms with Crippen molar-refractivity contribution in [3.63, 3.8) is 0 Å². The van der Waals surface area contributed by atoms with Crippen LogP contribution >= 0.6 is 0 Å². The van der Waals surface area contributed by atoms with Crippen LogP contribution in [-0.2, 0) is 10.0 Å². The van der Waals surface area contributed by atoms with E-state index in [1.807, 2.05) is 30.3 Å². The molecule has 0 atom stereocenters. The Bertz CT molecular complexity index is 1070. The lowest BCUT2D eigenvalue weighted by Crippen LogP contribution is -2.46. The van der Waals surface area contributed by atoms with E-state index in [0.717, 1.165) is 5.69 Å². The molecule has 7 nitrogen and oxygen atoms in total. The smallest absolute Gasteiger partial charge is 0.257 e. The zero-order chi connectivity index (χ0) is 20.3. The first kappa shape index (κ1) is 19.4. The fourth-order valence-electron chi connectivity index (χ4n) is 3.43. The predicted molar refractivity (Wildman–Crippen MR) is 109 cm³/mol. The second-order valence-electron chi connectivity index (χ2n) is 7.01. The number of amides is 1. The standard InChI is InChI=1S/C21H22N4O3S/c26-21(17-15-22-25(16-17)19-7-3-1-4-8-19)24-13-11-18(12-14-24)23-29(27,28)20-9-5-2-6-10-20/h1-10,15-16,18,23H,11-14H2. The Balaban J connectivity index is 1.36. The molecule has 1 fully saturated rings. The molecule has 8 heteroatoms. The largest absolute Gasteiger partial charge is 0.338 e. The summed E-state index contributed by atoms with van der Waals surface area (Å²) in [4.78, 5) is 14.8. The first-order valence-electron chi connectivity index (χ1n) is 9.50. The van der Waals surface area contributed by atoms with Gasteiger partial charge < -0.3 is 4.90 Å². The molecule has 0 unspecified atom stereocenters. The number of carbonyl (C=O) groups is 1. The first-order valence-corrected chi connectivity index (χ1v) is 11.0. The lowest BCUT2D eigenvalue weighted by Gasteiger charge is -2.32. The van der Waals surface area contributed by atoms with Crippen LogP contribution < -0.4 is 4.72 Å². The average Bonchev–Trinajstić information content (AvgIpc) is 3.25. The summed E-state index contributed by atoms with van der Waals surface area (Å²) in [6, 6.07) is 17.7. The molecule has 0 spiro atoms. The number of benzene rings is 2. The van der Waals surface area contributed by atoms with Crippen LogP contribution in [0.4, 0.5) is 0 Å². The van der Waals surface area contributed by atoms with E-state index >= 15 is 0 Å². The first-order chi connectivity index (χ1) is 14.0. The third-order valence-electron chi connectivity index (χ3n) is 5.01. The van der Waals surface area contributed by atoms with Crippen LogP contribution in [0.5, 0.6) is 0 Å². The minimum Gasteiger partial charge on any atom is -0.338 e. The molecule has 1 amide bonds. The van der Waals surface area contributed by atoms with E-state index in [1.165, 1.54) is 0 Å². The maximum absolute atomic E-state index is 12.8. The zero-order valence-electron chi connectivity index (χ0n) is 15.8. The van der Waals surface area contributed by atoms with Crippen LogP contribution in [0.2, 0.25) is 0 Å². The SMILES string of the molecule is O=C(c1cnn(-c2ccccc2)c1)N1CCC(NS(=O)(=O)c2ccccc2)CC1. The van der Waals surface area contributed by atoms with Crippen molar-refractivity contribution in [3.05, 3.63) is 78.6 Å². The molecule has 1 N–H and O–H groups in total. The molecule has 0 saturated carbocycles. The van der Waals surface area contributed by atoms with Crippen LogP contribution in [-0.4, -0.2) is 48.1 Å². The third kappa shape index (κ3) is 4.38. The van der Waals surface area contributed by atoms with Crippen molar-refractivity contribution < 1.29 is 13.2 Å². The molecule has 150 valence electrons. The van der Waals surface area contributed by atoms with Crippen LogP contribution in [0.25, 0.3) is 5.69 Å². The van der Waals surface area contributed by atoms with E-state index in [1.54, 1.807) is 52.3 Å². The lowest BCUT2D eigenvalue weighted by atomic mass is 10.1. The molecular weight excluding hydrogens is 388 g/mol. The lowest BCUT2D eigenvalue weighted by molar-refractivity contribution is 0.0711. The number of para-hydroxylation sites is 1. The van der Waals surface area contributed by atoms with Gasteiger partial charge in [-0.2, -0.15) is 5.10 Å². The molecule has 1 aliphatic heterocycles. The Hall–Kier alpha value is -2.97. The second kappa shape index (κ2) is 8.18. The third-order valence-corrected chi connectivity index (χ3v) is 6.54. The van der Waals surface area contributed by atoms with Gasteiger partial charge in [0.25, 0.3) is 5.91 Å². The van der Waals surface area contributed by atoms with Gasteiger partial charge >= 0.3 is 0 Å². The van der Waals surface area contributed by atoms with Gasteiger partial charge in [-0.1, -0.05) is 36.4 Å². The van der Waals surface area contributed by atoms with Crippen molar-refractivity contribution in [1.82, 2.24) is 19.4 Å². The van der Waals surface area contributed by atoms with Gasteiger partial charge in [-0.05, 0) is 37.1 Å². The molecule has 2 aromatic carbocycles. The van der Waals surface area contributed by atoms with Gasteiger partial charge in [-0.3, -0.25) is 4.79 Å². The highest BCUT2D eigenvalue weighted by atomic mass is 32.2. The van der Waals surface area contributed by atoms with Crippen molar-refractivity contribution in [1.29, 1.82) is 0 Å². The quantitative estimate of drug-likeness (QED) is 0.700. The van der Waals surface area contributed by atoms with E-state index in [4.69, 9.17) is 0 Å². The van der Waals surface area contributed by atoms with Crippen molar-refractivity contribution >= 4 is 15.9 Å². The molecule has 1 aliphatic rings. The van der Waals surface area contributed by atoms with Gasteiger partial charge in [-0.15, -0.1) is 0 Å². The number of nitrogens with zero attached hydrogens (tertiary/aromatic N) is 3. The molecule has 2 heterocycles. The number of rotatable bonds is 5. The van der Waals surface area contributed by atoms with Crippen molar-refractivity contribution in [2.24, 2.45) is 0 Å². The maximum Gasteiger partial charge on any atom is 0.257 e. The molecule has 0 bridgehead atoms. The predicted octanol–water partition coefficient (Wildman–Crippen LogP) is 2.46. The number of piperidine rings is 1. The Labute approximate surface area is 170 Å². The normalized spacial score (nSPS) is 15.4. The van der Waals surface area contributed by atoms with Gasteiger partial charge in [0.05, 0.1) is 22.3 Å². The Kier molecular flexibility index (Phi) is 5.46. The number of carbonyl (C=O) groups excluding carboxylic acids is 1. The van der Waals surface area contributed by atoms with E-state index in [2.05, 4.69) is 9.82 Å². The highest BCUT2D eigenvalue weighted by Gasteiger charge is 2.27. The molecular formula is C21H22N4O3S. The molecule has 29 heavy (non-hydrogen) atoms. The summed E-state index contributed by atoms with van der Waals surface area (Å²) >= 11 is 0. The monoisotopic (exact) mass is 410 g/mol. The molecule has 3 aromatic rings. The number of hydrogen-bond acceptors (Lipinski definition) is 4.